The Morgan fingerprint density at radius 1 is 1.07 bits per heavy atom. The van der Waals surface area contributed by atoms with Crippen molar-refractivity contribution < 1.29 is 4.79 Å². The highest BCUT2D eigenvalue weighted by Gasteiger charge is 2.14. The van der Waals surface area contributed by atoms with E-state index in [1.165, 1.54) is 17.4 Å². The van der Waals surface area contributed by atoms with E-state index in [1.54, 1.807) is 11.3 Å². The van der Waals surface area contributed by atoms with Crippen molar-refractivity contribution in [2.45, 2.75) is 4.34 Å². The molecule has 0 bridgehead atoms. The second-order valence-corrected chi connectivity index (χ2v) is 9.12. The number of carbonyl (C=O) groups is 1. The summed E-state index contributed by atoms with van der Waals surface area (Å²) in [5.41, 5.74) is 4.10. The van der Waals surface area contributed by atoms with Crippen LogP contribution in [0.25, 0.3) is 11.3 Å². The largest absolute Gasteiger partial charge is 0.369 e. The summed E-state index contributed by atoms with van der Waals surface area (Å²) in [7, 11) is 2.15. The standard InChI is InChI=1S/C22H24N4OS2/c1-25-11-13-26(14-12-25)19-9-7-18(8-10-19)23-21(27)16-29-22-24-20(15-28-22)17-5-3-2-4-6-17/h2-10,15H,11-14,16H2,1H3,(H,23,27). The van der Waals surface area contributed by atoms with Gasteiger partial charge in [0.1, 0.15) is 0 Å². The molecule has 3 aromatic rings. The molecule has 1 aliphatic rings. The molecule has 150 valence electrons. The number of piperazine rings is 1. The van der Waals surface area contributed by atoms with Gasteiger partial charge < -0.3 is 15.1 Å². The van der Waals surface area contributed by atoms with Crippen molar-refractivity contribution in [3.8, 4) is 11.3 Å². The van der Waals surface area contributed by atoms with E-state index in [0.29, 0.717) is 5.75 Å². The molecule has 2 heterocycles. The fourth-order valence-corrected chi connectivity index (χ4v) is 4.84. The Bertz CT molecular complexity index is 935. The lowest BCUT2D eigenvalue weighted by Crippen LogP contribution is -2.44. The molecule has 1 fully saturated rings. The third-order valence-corrected chi connectivity index (χ3v) is 6.92. The van der Waals surface area contributed by atoms with Gasteiger partial charge in [-0.05, 0) is 31.3 Å². The van der Waals surface area contributed by atoms with Crippen molar-refractivity contribution in [1.29, 1.82) is 0 Å². The molecule has 0 radical (unpaired) electrons. The van der Waals surface area contributed by atoms with Crippen LogP contribution >= 0.6 is 23.1 Å². The highest BCUT2D eigenvalue weighted by atomic mass is 32.2. The molecule has 4 rings (SSSR count). The summed E-state index contributed by atoms with van der Waals surface area (Å²) in [6.45, 7) is 4.24. The number of nitrogens with zero attached hydrogens (tertiary/aromatic N) is 3. The Morgan fingerprint density at radius 2 is 1.79 bits per heavy atom. The first-order valence-corrected chi connectivity index (χ1v) is 11.5. The van der Waals surface area contributed by atoms with Gasteiger partial charge in [-0.3, -0.25) is 4.79 Å². The molecular formula is C22H24N4OS2. The number of carbonyl (C=O) groups excluding carboxylic acids is 1. The number of amides is 1. The van der Waals surface area contributed by atoms with Crippen molar-refractivity contribution in [1.82, 2.24) is 9.88 Å². The minimum atomic E-state index is -0.0150. The molecule has 1 saturated heterocycles. The maximum Gasteiger partial charge on any atom is 0.234 e. The van der Waals surface area contributed by atoms with Crippen LogP contribution < -0.4 is 10.2 Å². The monoisotopic (exact) mass is 424 g/mol. The molecule has 5 nitrogen and oxygen atoms in total. The third kappa shape index (κ3) is 5.38. The van der Waals surface area contributed by atoms with Crippen LogP contribution in [0.1, 0.15) is 0 Å². The summed E-state index contributed by atoms with van der Waals surface area (Å²) in [6, 6.07) is 18.2. The number of nitrogens with one attached hydrogen (secondary N) is 1. The second kappa shape index (κ2) is 9.43. The molecule has 0 aliphatic carbocycles. The van der Waals surface area contributed by atoms with Crippen molar-refractivity contribution in [2.24, 2.45) is 0 Å². The Kier molecular flexibility index (Phi) is 6.49. The molecule has 29 heavy (non-hydrogen) atoms. The Labute approximate surface area is 179 Å². The molecule has 1 aromatic heterocycles. The smallest absolute Gasteiger partial charge is 0.234 e. The third-order valence-electron chi connectivity index (χ3n) is 4.90. The average Bonchev–Trinajstić information content (AvgIpc) is 3.23. The normalized spacial score (nSPS) is 14.7. The van der Waals surface area contributed by atoms with Gasteiger partial charge in [-0.2, -0.15) is 0 Å². The van der Waals surface area contributed by atoms with Crippen LogP contribution in [0, 0.1) is 0 Å². The fourth-order valence-electron chi connectivity index (χ4n) is 3.21. The minimum Gasteiger partial charge on any atom is -0.369 e. The van der Waals surface area contributed by atoms with E-state index < -0.39 is 0 Å². The topological polar surface area (TPSA) is 48.5 Å². The number of anilines is 2. The summed E-state index contributed by atoms with van der Waals surface area (Å²) >= 11 is 3.05. The highest BCUT2D eigenvalue weighted by molar-refractivity contribution is 8.01. The summed E-state index contributed by atoms with van der Waals surface area (Å²) in [5.74, 6) is 0.334. The Balaban J connectivity index is 1.27. The predicted octanol–water partition coefficient (Wildman–Crippen LogP) is 4.29. The first-order chi connectivity index (χ1) is 14.2. The summed E-state index contributed by atoms with van der Waals surface area (Å²) in [4.78, 5) is 21.7. The van der Waals surface area contributed by atoms with Gasteiger partial charge in [-0.1, -0.05) is 42.1 Å². The van der Waals surface area contributed by atoms with E-state index >= 15 is 0 Å². The number of thiazole rings is 1. The number of hydrogen-bond acceptors (Lipinski definition) is 6. The molecule has 2 aromatic carbocycles. The van der Waals surface area contributed by atoms with Crippen LogP contribution in [-0.4, -0.2) is 54.8 Å². The van der Waals surface area contributed by atoms with Gasteiger partial charge in [0.2, 0.25) is 5.91 Å². The van der Waals surface area contributed by atoms with Crippen molar-refractivity contribution in [3.63, 3.8) is 0 Å². The van der Waals surface area contributed by atoms with Gasteiger partial charge in [0.25, 0.3) is 0 Å². The number of benzene rings is 2. The summed E-state index contributed by atoms with van der Waals surface area (Å²) in [5, 5.41) is 5.01. The zero-order valence-electron chi connectivity index (χ0n) is 16.4. The van der Waals surface area contributed by atoms with Crippen molar-refractivity contribution in [2.75, 3.05) is 49.2 Å². The van der Waals surface area contributed by atoms with E-state index in [4.69, 9.17) is 0 Å². The molecule has 0 unspecified atom stereocenters. The van der Waals surface area contributed by atoms with Crippen molar-refractivity contribution in [3.05, 3.63) is 60.0 Å². The maximum atomic E-state index is 12.3. The average molecular weight is 425 g/mol. The lowest BCUT2D eigenvalue weighted by molar-refractivity contribution is -0.113. The van der Waals surface area contributed by atoms with Crippen LogP contribution in [0.2, 0.25) is 0 Å². The molecule has 7 heteroatoms. The quantitative estimate of drug-likeness (QED) is 0.598. The SMILES string of the molecule is CN1CCN(c2ccc(NC(=O)CSc3nc(-c4ccccc4)cs3)cc2)CC1. The Hall–Kier alpha value is -2.35. The van der Waals surface area contributed by atoms with Gasteiger partial charge in [0.05, 0.1) is 11.4 Å². The lowest BCUT2D eigenvalue weighted by Gasteiger charge is -2.34. The second-order valence-electron chi connectivity index (χ2n) is 7.04. The van der Waals surface area contributed by atoms with E-state index in [0.717, 1.165) is 47.5 Å². The van der Waals surface area contributed by atoms with E-state index in [-0.39, 0.29) is 5.91 Å². The van der Waals surface area contributed by atoms with Gasteiger partial charge >= 0.3 is 0 Å². The van der Waals surface area contributed by atoms with Gasteiger partial charge in [-0.15, -0.1) is 11.3 Å². The van der Waals surface area contributed by atoms with Gasteiger partial charge in [0, 0.05) is 48.5 Å². The molecule has 1 aliphatic heterocycles. The zero-order valence-corrected chi connectivity index (χ0v) is 18.0. The predicted molar refractivity (Wildman–Crippen MR) is 123 cm³/mol. The first-order valence-electron chi connectivity index (χ1n) is 9.64. The summed E-state index contributed by atoms with van der Waals surface area (Å²) < 4.78 is 0.907. The number of thioether (sulfide) groups is 1. The summed E-state index contributed by atoms with van der Waals surface area (Å²) in [6.07, 6.45) is 0. The zero-order chi connectivity index (χ0) is 20.1. The van der Waals surface area contributed by atoms with E-state index in [9.17, 15) is 4.79 Å². The van der Waals surface area contributed by atoms with Crippen LogP contribution in [0.15, 0.2) is 64.3 Å². The van der Waals surface area contributed by atoms with E-state index in [1.807, 2.05) is 47.8 Å². The molecule has 0 atom stereocenters. The van der Waals surface area contributed by atoms with Crippen LogP contribution in [0.5, 0.6) is 0 Å². The Morgan fingerprint density at radius 3 is 2.52 bits per heavy atom. The molecule has 1 N–H and O–H groups in total. The van der Waals surface area contributed by atoms with Crippen LogP contribution in [0.3, 0.4) is 0 Å². The number of aromatic nitrogens is 1. The minimum absolute atomic E-state index is 0.0150. The molecule has 1 amide bonds. The first kappa shape index (κ1) is 19.9. The molecule has 0 saturated carbocycles. The molecule has 0 spiro atoms. The molecular weight excluding hydrogens is 400 g/mol. The number of likely N-dealkylation sites (N-methyl/N-ethyl adjacent to an activating group) is 1. The maximum absolute atomic E-state index is 12.3. The van der Waals surface area contributed by atoms with E-state index in [2.05, 4.69) is 39.3 Å². The van der Waals surface area contributed by atoms with Gasteiger partial charge in [-0.25, -0.2) is 4.98 Å². The van der Waals surface area contributed by atoms with Crippen LogP contribution in [-0.2, 0) is 4.79 Å². The van der Waals surface area contributed by atoms with Crippen molar-refractivity contribution >= 4 is 40.4 Å². The van der Waals surface area contributed by atoms with Gasteiger partial charge in [0.15, 0.2) is 4.34 Å². The lowest BCUT2D eigenvalue weighted by atomic mass is 10.2. The fraction of sp³-hybridized carbons (Fsp3) is 0.273. The number of hydrogen-bond donors (Lipinski definition) is 1. The number of rotatable bonds is 6. The van der Waals surface area contributed by atoms with Crippen LogP contribution in [0.4, 0.5) is 11.4 Å². The highest BCUT2D eigenvalue weighted by Crippen LogP contribution is 2.28.